The monoisotopic (exact) mass is 571 g/mol. The highest BCUT2D eigenvalue weighted by molar-refractivity contribution is 6.36. The number of fused-ring (bicyclic) bond motifs is 6. The molecular weight excluding hydrogens is 545 g/mol. The van der Waals surface area contributed by atoms with E-state index in [0.29, 0.717) is 34.4 Å². The Hall–Kier alpha value is -3.70. The minimum atomic E-state index is -0.436. The molecule has 11 nitrogen and oxygen atoms in total. The van der Waals surface area contributed by atoms with Crippen LogP contribution in [0.15, 0.2) is 47.5 Å². The van der Waals surface area contributed by atoms with E-state index < -0.39 is 11.5 Å². The van der Waals surface area contributed by atoms with Crippen LogP contribution < -0.4 is 10.9 Å². The summed E-state index contributed by atoms with van der Waals surface area (Å²) in [4.78, 5) is 55.1. The molecule has 2 atom stereocenters. The Bertz CT molecular complexity index is 1470. The lowest BCUT2D eigenvalue weighted by Gasteiger charge is -2.20. The normalized spacial score (nSPS) is 20.1. The molecule has 1 aromatic carbocycles. The van der Waals surface area contributed by atoms with Crippen molar-refractivity contribution in [3.63, 3.8) is 0 Å². The lowest BCUT2D eigenvalue weighted by Crippen LogP contribution is -2.39. The minimum absolute atomic E-state index is 0.0341. The van der Waals surface area contributed by atoms with Gasteiger partial charge in [-0.1, -0.05) is 34.5 Å². The molecule has 2 aliphatic heterocycles. The Morgan fingerprint density at radius 2 is 1.87 bits per heavy atom. The summed E-state index contributed by atoms with van der Waals surface area (Å²) in [6.07, 6.45) is 3.51. The Balaban J connectivity index is 1.43. The summed E-state index contributed by atoms with van der Waals surface area (Å²) >= 11 is 12.6. The first kappa shape index (κ1) is 26.9. The van der Waals surface area contributed by atoms with E-state index in [1.165, 1.54) is 15.5 Å². The first-order valence-electron chi connectivity index (χ1n) is 12.5. The molecule has 1 N–H and O–H groups in total. The standard InChI is InChI=1S/C26H27Cl2N7O4/c1-32-9-7-29-23(36)10-16-12-34(24(37)11-19-20(27)5-2-6-21(19)28)15-22(16)35-14-17(30-31-35)13-33-8-3-4-18(25(32)38)26(33)39/h2-6,8,14,16,22H,7,9-13,15H2,1H3,(H,29,36)/t16-,22+/m0/s1. The van der Waals surface area contributed by atoms with Crippen molar-refractivity contribution in [1.29, 1.82) is 0 Å². The molecule has 0 radical (unpaired) electrons. The highest BCUT2D eigenvalue weighted by Gasteiger charge is 2.38. The van der Waals surface area contributed by atoms with Gasteiger partial charge in [-0.25, -0.2) is 4.68 Å². The number of nitrogens with zero attached hydrogens (tertiary/aromatic N) is 6. The van der Waals surface area contributed by atoms with E-state index in [4.69, 9.17) is 23.2 Å². The van der Waals surface area contributed by atoms with Crippen LogP contribution in [-0.4, -0.2) is 80.3 Å². The lowest BCUT2D eigenvalue weighted by molar-refractivity contribution is -0.130. The average Bonchev–Trinajstić information content (AvgIpc) is 3.53. The molecule has 2 aromatic heterocycles. The highest BCUT2D eigenvalue weighted by Crippen LogP contribution is 2.32. The van der Waals surface area contributed by atoms with Gasteiger partial charge in [-0.3, -0.25) is 19.2 Å². The van der Waals surface area contributed by atoms with Gasteiger partial charge in [-0.05, 0) is 29.8 Å². The number of hydrogen-bond donors (Lipinski definition) is 1. The number of likely N-dealkylation sites (N-methyl/N-ethyl adjacent to an activating group) is 1. The summed E-state index contributed by atoms with van der Waals surface area (Å²) in [5.74, 6) is -1.03. The largest absolute Gasteiger partial charge is 0.354 e. The van der Waals surface area contributed by atoms with Gasteiger partial charge < -0.3 is 19.7 Å². The predicted octanol–water partition coefficient (Wildman–Crippen LogP) is 1.63. The van der Waals surface area contributed by atoms with Crippen molar-refractivity contribution in [1.82, 2.24) is 34.7 Å². The molecule has 4 bridgehead atoms. The Labute approximate surface area is 234 Å². The van der Waals surface area contributed by atoms with Crippen LogP contribution in [-0.2, 0) is 22.6 Å². The van der Waals surface area contributed by atoms with Crippen molar-refractivity contribution in [2.45, 2.75) is 25.4 Å². The number of pyridine rings is 1. The number of aromatic nitrogens is 4. The third-order valence-corrected chi connectivity index (χ3v) is 7.90. The van der Waals surface area contributed by atoms with E-state index in [0.717, 1.165) is 0 Å². The maximum absolute atomic E-state index is 13.3. The molecule has 5 rings (SSSR count). The summed E-state index contributed by atoms with van der Waals surface area (Å²) in [5.41, 5.74) is 0.671. The molecule has 2 aliphatic rings. The van der Waals surface area contributed by atoms with E-state index in [9.17, 15) is 19.2 Å². The maximum atomic E-state index is 13.3. The summed E-state index contributed by atoms with van der Waals surface area (Å²) in [7, 11) is 1.59. The van der Waals surface area contributed by atoms with Crippen LogP contribution in [0.1, 0.15) is 34.1 Å². The first-order valence-corrected chi connectivity index (χ1v) is 13.3. The van der Waals surface area contributed by atoms with E-state index in [1.807, 2.05) is 0 Å². The number of carbonyl (C=O) groups is 3. The molecule has 3 aromatic rings. The third kappa shape index (κ3) is 5.69. The highest BCUT2D eigenvalue weighted by atomic mass is 35.5. The molecule has 3 amide bonds. The van der Waals surface area contributed by atoms with E-state index in [-0.39, 0.29) is 61.8 Å². The van der Waals surface area contributed by atoms with Gasteiger partial charge in [0.15, 0.2) is 0 Å². The molecule has 1 saturated heterocycles. The number of carbonyl (C=O) groups excluding carboxylic acids is 3. The Morgan fingerprint density at radius 1 is 1.10 bits per heavy atom. The number of benzene rings is 1. The van der Waals surface area contributed by atoms with E-state index >= 15 is 0 Å². The molecule has 0 saturated carbocycles. The fourth-order valence-corrected chi connectivity index (χ4v) is 5.58. The van der Waals surface area contributed by atoms with Gasteiger partial charge in [0.05, 0.1) is 25.2 Å². The summed E-state index contributed by atoms with van der Waals surface area (Å²) in [6, 6.07) is 7.93. The summed E-state index contributed by atoms with van der Waals surface area (Å²) in [6.45, 7) is 1.25. The van der Waals surface area contributed by atoms with Crippen LogP contribution in [0.5, 0.6) is 0 Å². The van der Waals surface area contributed by atoms with Crippen LogP contribution >= 0.6 is 23.2 Å². The van der Waals surface area contributed by atoms with Crippen LogP contribution in [0.25, 0.3) is 0 Å². The smallest absolute Gasteiger partial charge is 0.263 e. The fraction of sp³-hybridized carbons (Fsp3) is 0.385. The second-order valence-corrected chi connectivity index (χ2v) is 10.6. The number of hydrogen-bond acceptors (Lipinski definition) is 6. The molecular formula is C26H27Cl2N7O4. The summed E-state index contributed by atoms with van der Waals surface area (Å²) < 4.78 is 3.07. The van der Waals surface area contributed by atoms with Gasteiger partial charge in [-0.2, -0.15) is 0 Å². The third-order valence-electron chi connectivity index (χ3n) is 7.19. The molecule has 1 fully saturated rings. The van der Waals surface area contributed by atoms with Gasteiger partial charge in [0.25, 0.3) is 11.5 Å². The topological polar surface area (TPSA) is 122 Å². The van der Waals surface area contributed by atoms with Crippen LogP contribution in [0.2, 0.25) is 10.0 Å². The first-order chi connectivity index (χ1) is 18.7. The Kier molecular flexibility index (Phi) is 7.72. The van der Waals surface area contributed by atoms with Gasteiger partial charge in [0.2, 0.25) is 11.8 Å². The van der Waals surface area contributed by atoms with Crippen LogP contribution in [0.4, 0.5) is 0 Å². The zero-order valence-electron chi connectivity index (χ0n) is 21.2. The van der Waals surface area contributed by atoms with Crippen molar-refractivity contribution < 1.29 is 14.4 Å². The molecule has 0 unspecified atom stereocenters. The van der Waals surface area contributed by atoms with Crippen LogP contribution in [0.3, 0.4) is 0 Å². The molecule has 0 aliphatic carbocycles. The Morgan fingerprint density at radius 3 is 2.64 bits per heavy atom. The van der Waals surface area contributed by atoms with Crippen LogP contribution in [0, 0.1) is 5.92 Å². The molecule has 39 heavy (non-hydrogen) atoms. The second-order valence-electron chi connectivity index (χ2n) is 9.83. The lowest BCUT2D eigenvalue weighted by atomic mass is 9.99. The number of halogens is 2. The number of amides is 3. The SMILES string of the molecule is CN1CCNC(=O)C[C@H]2CN(C(=O)Cc3c(Cl)cccc3Cl)C[C@H]2n2cc(nn2)Cn2cccc(c2=O)C1=O. The molecule has 4 heterocycles. The van der Waals surface area contributed by atoms with Gasteiger partial charge in [-0.15, -0.1) is 5.10 Å². The van der Waals surface area contributed by atoms with Gasteiger partial charge in [0, 0.05) is 61.8 Å². The maximum Gasteiger partial charge on any atom is 0.263 e. The number of nitrogens with one attached hydrogen (secondary N) is 1. The van der Waals surface area contributed by atoms with Crippen molar-refractivity contribution in [3.05, 3.63) is 79.9 Å². The van der Waals surface area contributed by atoms with Gasteiger partial charge in [0.1, 0.15) is 11.3 Å². The number of likely N-dealkylation sites (tertiary alicyclic amines) is 1. The van der Waals surface area contributed by atoms with Crippen molar-refractivity contribution in [3.8, 4) is 0 Å². The number of rotatable bonds is 2. The van der Waals surface area contributed by atoms with Crippen molar-refractivity contribution >= 4 is 40.9 Å². The second kappa shape index (κ2) is 11.2. The van der Waals surface area contributed by atoms with Crippen molar-refractivity contribution in [2.75, 3.05) is 33.2 Å². The fourth-order valence-electron chi connectivity index (χ4n) is 5.05. The quantitative estimate of drug-likeness (QED) is 0.498. The molecule has 0 spiro atoms. The van der Waals surface area contributed by atoms with Crippen molar-refractivity contribution in [2.24, 2.45) is 5.92 Å². The zero-order valence-corrected chi connectivity index (χ0v) is 22.7. The zero-order chi connectivity index (χ0) is 27.7. The summed E-state index contributed by atoms with van der Waals surface area (Å²) in [5, 5.41) is 12.2. The molecule has 13 heteroatoms. The average molecular weight is 572 g/mol. The van der Waals surface area contributed by atoms with E-state index in [2.05, 4.69) is 15.6 Å². The van der Waals surface area contributed by atoms with Gasteiger partial charge >= 0.3 is 0 Å². The van der Waals surface area contributed by atoms with E-state index in [1.54, 1.807) is 53.3 Å². The predicted molar refractivity (Wildman–Crippen MR) is 144 cm³/mol. The molecule has 204 valence electrons. The minimum Gasteiger partial charge on any atom is -0.354 e.